The Kier molecular flexibility index (Phi) is 6.69. The van der Waals surface area contributed by atoms with Crippen LogP contribution in [0, 0.1) is 17.8 Å². The van der Waals surface area contributed by atoms with E-state index >= 15 is 0 Å². The first kappa shape index (κ1) is 21.1. The summed E-state index contributed by atoms with van der Waals surface area (Å²) in [6.45, 7) is 10.8. The van der Waals surface area contributed by atoms with Gasteiger partial charge in [0.25, 0.3) is 0 Å². The number of nitrogens with one attached hydrogen (secondary N) is 2. The van der Waals surface area contributed by atoms with Gasteiger partial charge in [0.2, 0.25) is 5.95 Å². The molecule has 0 bridgehead atoms. The van der Waals surface area contributed by atoms with Crippen molar-refractivity contribution in [3.05, 3.63) is 10.7 Å². The summed E-state index contributed by atoms with van der Waals surface area (Å²) < 4.78 is 0. The van der Waals surface area contributed by atoms with E-state index in [2.05, 4.69) is 55.2 Å². The summed E-state index contributed by atoms with van der Waals surface area (Å²) in [6.07, 6.45) is 1.77. The fraction of sp³-hybridized carbons (Fsp3) is 0.722. The number of anilines is 2. The third kappa shape index (κ3) is 4.56. The van der Waals surface area contributed by atoms with Crippen LogP contribution in [-0.4, -0.2) is 38.3 Å². The molecule has 4 atom stereocenters. The molecule has 4 unspecified atom stereocenters. The molecule has 2 rings (SSSR count). The maximum atomic E-state index is 9.60. The van der Waals surface area contributed by atoms with E-state index in [1.807, 2.05) is 0 Å². The van der Waals surface area contributed by atoms with E-state index in [1.54, 1.807) is 0 Å². The molecular formula is C18H30ClN5OS. The van der Waals surface area contributed by atoms with E-state index in [0.717, 1.165) is 12.8 Å². The van der Waals surface area contributed by atoms with E-state index < -0.39 is 0 Å². The number of rotatable bonds is 7. The zero-order chi connectivity index (χ0) is 19.6. The van der Waals surface area contributed by atoms with E-state index in [1.165, 1.54) is 0 Å². The summed E-state index contributed by atoms with van der Waals surface area (Å²) in [4.78, 5) is 9.10. The van der Waals surface area contributed by atoms with Gasteiger partial charge in [-0.2, -0.15) is 4.98 Å². The van der Waals surface area contributed by atoms with Gasteiger partial charge in [-0.15, -0.1) is 0 Å². The Morgan fingerprint density at radius 2 is 2.00 bits per heavy atom. The molecule has 0 aliphatic heterocycles. The number of hydrogen-bond donors (Lipinski definition) is 4. The van der Waals surface area contributed by atoms with Gasteiger partial charge in [-0.25, -0.2) is 4.98 Å². The maximum Gasteiger partial charge on any atom is 0.226 e. The lowest BCUT2D eigenvalue weighted by molar-refractivity contribution is 0.191. The van der Waals surface area contributed by atoms with Crippen molar-refractivity contribution in [3.63, 3.8) is 0 Å². The predicted molar refractivity (Wildman–Crippen MR) is 112 cm³/mol. The number of thiocarbonyl (C=S) groups is 1. The Labute approximate surface area is 166 Å². The van der Waals surface area contributed by atoms with Gasteiger partial charge in [-0.1, -0.05) is 44.6 Å². The Morgan fingerprint density at radius 1 is 1.35 bits per heavy atom. The average Bonchev–Trinajstić information content (AvgIpc) is 2.81. The number of aliphatic hydroxyl groups is 1. The highest BCUT2D eigenvalue weighted by atomic mass is 35.5. The highest BCUT2D eigenvalue weighted by Gasteiger charge is 2.38. The molecule has 6 nitrogen and oxygen atoms in total. The van der Waals surface area contributed by atoms with Crippen LogP contribution in [0.15, 0.2) is 0 Å². The highest BCUT2D eigenvalue weighted by molar-refractivity contribution is 7.80. The molecule has 1 aliphatic rings. The molecule has 1 fully saturated rings. The van der Waals surface area contributed by atoms with Crippen LogP contribution in [0.25, 0.3) is 0 Å². The van der Waals surface area contributed by atoms with Crippen molar-refractivity contribution in [1.82, 2.24) is 9.97 Å². The zero-order valence-electron chi connectivity index (χ0n) is 16.1. The predicted octanol–water partition coefficient (Wildman–Crippen LogP) is 3.43. The van der Waals surface area contributed by atoms with Crippen molar-refractivity contribution < 1.29 is 5.11 Å². The fourth-order valence-electron chi connectivity index (χ4n) is 3.36. The minimum absolute atomic E-state index is 0.160. The summed E-state index contributed by atoms with van der Waals surface area (Å²) >= 11 is 11.5. The van der Waals surface area contributed by atoms with Crippen LogP contribution in [0.2, 0.25) is 5.15 Å². The van der Waals surface area contributed by atoms with Gasteiger partial charge in [-0.05, 0) is 44.4 Å². The number of aliphatic hydroxyl groups excluding tert-OH is 1. The molecule has 146 valence electrons. The summed E-state index contributed by atoms with van der Waals surface area (Å²) in [7, 11) is 0. The molecular weight excluding hydrogens is 370 g/mol. The minimum atomic E-state index is -0.164. The van der Waals surface area contributed by atoms with Crippen LogP contribution < -0.4 is 16.4 Å². The van der Waals surface area contributed by atoms with Gasteiger partial charge in [-0.3, -0.25) is 0 Å². The molecule has 0 amide bonds. The quantitative estimate of drug-likeness (QED) is 0.412. The van der Waals surface area contributed by atoms with Crippen molar-refractivity contribution in [2.24, 2.45) is 23.5 Å². The van der Waals surface area contributed by atoms with E-state index in [0.29, 0.717) is 29.2 Å². The lowest BCUT2D eigenvalue weighted by Gasteiger charge is -2.26. The molecule has 1 aromatic rings. The third-order valence-electron chi connectivity index (χ3n) is 5.77. The van der Waals surface area contributed by atoms with Gasteiger partial charge >= 0.3 is 0 Å². The van der Waals surface area contributed by atoms with Gasteiger partial charge in [0.05, 0.1) is 5.56 Å². The molecule has 1 aromatic heterocycles. The Hall–Kier alpha value is -1.18. The standard InChI is InChI=1S/C18H30ClN5OS/c1-6-18(4,5)24-17-22-14(19)13(15(20)26)16(23-17)21-12-7-11(8-25)9(2)10(12)3/h9-12,25H,6-8H2,1-5H3,(H2,20,26)(H2,21,22,23,24). The molecule has 5 N–H and O–H groups in total. The lowest BCUT2D eigenvalue weighted by Crippen LogP contribution is -2.32. The summed E-state index contributed by atoms with van der Waals surface area (Å²) in [6, 6.07) is 0.160. The molecule has 0 radical (unpaired) electrons. The van der Waals surface area contributed by atoms with Gasteiger partial charge in [0.1, 0.15) is 16.0 Å². The number of hydrogen-bond acceptors (Lipinski definition) is 6. The second-order valence-corrected chi connectivity index (χ2v) is 8.73. The number of nitrogens with zero attached hydrogens (tertiary/aromatic N) is 2. The SMILES string of the molecule is CCC(C)(C)Nc1nc(Cl)c(C(N)=S)c(NC2CC(CO)C(C)C2C)n1. The zero-order valence-corrected chi connectivity index (χ0v) is 17.7. The average molecular weight is 400 g/mol. The molecule has 1 saturated carbocycles. The topological polar surface area (TPSA) is 96.1 Å². The lowest BCUT2D eigenvalue weighted by atomic mass is 9.92. The van der Waals surface area contributed by atoms with Crippen molar-refractivity contribution in [3.8, 4) is 0 Å². The van der Waals surface area contributed by atoms with Crippen molar-refractivity contribution in [2.45, 2.75) is 59.0 Å². The Morgan fingerprint density at radius 3 is 2.50 bits per heavy atom. The second kappa shape index (κ2) is 8.23. The van der Waals surface area contributed by atoms with Crippen LogP contribution >= 0.6 is 23.8 Å². The number of aromatic nitrogens is 2. The van der Waals surface area contributed by atoms with Crippen molar-refractivity contribution in [2.75, 3.05) is 17.2 Å². The third-order valence-corrected chi connectivity index (χ3v) is 6.24. The monoisotopic (exact) mass is 399 g/mol. The molecule has 0 spiro atoms. The van der Waals surface area contributed by atoms with Crippen molar-refractivity contribution in [1.29, 1.82) is 0 Å². The number of nitrogens with two attached hydrogens (primary N) is 1. The van der Waals surface area contributed by atoms with Crippen LogP contribution in [0.1, 0.15) is 53.0 Å². The molecule has 1 aliphatic carbocycles. The molecule has 0 aromatic carbocycles. The van der Waals surface area contributed by atoms with E-state index in [9.17, 15) is 5.11 Å². The molecule has 26 heavy (non-hydrogen) atoms. The van der Waals surface area contributed by atoms with Crippen LogP contribution in [0.5, 0.6) is 0 Å². The van der Waals surface area contributed by atoms with Crippen LogP contribution in [0.4, 0.5) is 11.8 Å². The first-order valence-corrected chi connectivity index (χ1v) is 9.91. The van der Waals surface area contributed by atoms with Crippen LogP contribution in [-0.2, 0) is 0 Å². The largest absolute Gasteiger partial charge is 0.396 e. The first-order valence-electron chi connectivity index (χ1n) is 9.12. The summed E-state index contributed by atoms with van der Waals surface area (Å²) in [5.74, 6) is 2.06. The summed E-state index contributed by atoms with van der Waals surface area (Å²) in [5, 5.41) is 16.6. The second-order valence-electron chi connectivity index (χ2n) is 7.94. The van der Waals surface area contributed by atoms with Gasteiger partial charge in [0.15, 0.2) is 0 Å². The first-order chi connectivity index (χ1) is 12.1. The fourth-order valence-corrected chi connectivity index (χ4v) is 3.88. The summed E-state index contributed by atoms with van der Waals surface area (Å²) in [5.41, 5.74) is 6.18. The molecule has 8 heteroatoms. The van der Waals surface area contributed by atoms with Gasteiger partial charge in [0, 0.05) is 18.2 Å². The Bertz CT molecular complexity index is 669. The molecule has 1 heterocycles. The van der Waals surface area contributed by atoms with E-state index in [-0.39, 0.29) is 34.2 Å². The minimum Gasteiger partial charge on any atom is -0.396 e. The van der Waals surface area contributed by atoms with Crippen molar-refractivity contribution >= 4 is 40.6 Å². The molecule has 0 saturated heterocycles. The van der Waals surface area contributed by atoms with Gasteiger partial charge < -0.3 is 21.5 Å². The smallest absolute Gasteiger partial charge is 0.226 e. The Balaban J connectivity index is 2.36. The number of halogens is 1. The van der Waals surface area contributed by atoms with E-state index in [4.69, 9.17) is 29.6 Å². The maximum absolute atomic E-state index is 9.60. The van der Waals surface area contributed by atoms with Crippen LogP contribution in [0.3, 0.4) is 0 Å². The normalized spacial score (nSPS) is 26.0. The highest BCUT2D eigenvalue weighted by Crippen LogP contribution is 2.38.